The van der Waals surface area contributed by atoms with Gasteiger partial charge in [0.25, 0.3) is 0 Å². The fourth-order valence-corrected chi connectivity index (χ4v) is 1.72. The molecule has 0 radical (unpaired) electrons. The minimum Gasteiger partial charge on any atom is -0.508 e. The number of phenols is 1. The molecule has 0 aliphatic heterocycles. The van der Waals surface area contributed by atoms with E-state index in [0.29, 0.717) is 6.42 Å². The zero-order chi connectivity index (χ0) is 10.7. The fourth-order valence-electron chi connectivity index (χ4n) is 1.72. The van der Waals surface area contributed by atoms with Crippen molar-refractivity contribution in [3.8, 4) is 5.75 Å². The molecule has 0 amide bonds. The largest absolute Gasteiger partial charge is 0.508 e. The van der Waals surface area contributed by atoms with Crippen LogP contribution in [0.5, 0.6) is 5.75 Å². The van der Waals surface area contributed by atoms with E-state index >= 15 is 0 Å². The monoisotopic (exact) mass is 195 g/mol. The second kappa shape index (κ2) is 4.44. The van der Waals surface area contributed by atoms with Crippen molar-refractivity contribution in [1.82, 2.24) is 0 Å². The minimum atomic E-state index is -0.291. The summed E-state index contributed by atoms with van der Waals surface area (Å²) in [5.41, 5.74) is 8.57. The Balaban J connectivity index is 3.07. The van der Waals surface area contributed by atoms with E-state index in [9.17, 15) is 5.11 Å². The molecule has 0 spiro atoms. The number of rotatable bonds is 3. The molecule has 1 atom stereocenters. The van der Waals surface area contributed by atoms with Crippen molar-refractivity contribution < 1.29 is 10.2 Å². The lowest BCUT2D eigenvalue weighted by molar-refractivity contribution is 0.275. The van der Waals surface area contributed by atoms with Gasteiger partial charge in [0, 0.05) is 18.2 Å². The summed E-state index contributed by atoms with van der Waals surface area (Å²) in [7, 11) is 0. The molecule has 14 heavy (non-hydrogen) atoms. The molecular weight excluding hydrogens is 178 g/mol. The van der Waals surface area contributed by atoms with E-state index in [2.05, 4.69) is 0 Å². The molecule has 4 N–H and O–H groups in total. The predicted molar refractivity (Wildman–Crippen MR) is 56.2 cm³/mol. The molecule has 1 aromatic rings. The summed E-state index contributed by atoms with van der Waals surface area (Å²) in [5.74, 6) is 0.225. The Hall–Kier alpha value is -1.06. The number of aryl methyl sites for hydroxylation is 2. The summed E-state index contributed by atoms with van der Waals surface area (Å²) in [5, 5.41) is 18.5. The normalized spacial score (nSPS) is 12.9. The summed E-state index contributed by atoms with van der Waals surface area (Å²) >= 11 is 0. The highest BCUT2D eigenvalue weighted by Crippen LogP contribution is 2.29. The van der Waals surface area contributed by atoms with Crippen LogP contribution in [0.4, 0.5) is 0 Å². The molecule has 1 aromatic carbocycles. The Morgan fingerprint density at radius 2 is 2.00 bits per heavy atom. The van der Waals surface area contributed by atoms with Crippen LogP contribution in [-0.2, 0) is 0 Å². The SMILES string of the molecule is Cc1cc(C)c([C@@H](N)CCO)c(O)c1. The molecule has 3 nitrogen and oxygen atoms in total. The van der Waals surface area contributed by atoms with Gasteiger partial charge in [-0.25, -0.2) is 0 Å². The van der Waals surface area contributed by atoms with Crippen LogP contribution < -0.4 is 5.73 Å². The number of hydrogen-bond donors (Lipinski definition) is 3. The van der Waals surface area contributed by atoms with Crippen molar-refractivity contribution in [2.75, 3.05) is 6.61 Å². The first-order chi connectivity index (χ1) is 6.56. The van der Waals surface area contributed by atoms with Gasteiger partial charge in [0.2, 0.25) is 0 Å². The third-order valence-electron chi connectivity index (χ3n) is 2.32. The van der Waals surface area contributed by atoms with Crippen LogP contribution in [0.25, 0.3) is 0 Å². The number of benzene rings is 1. The lowest BCUT2D eigenvalue weighted by Crippen LogP contribution is -2.13. The lowest BCUT2D eigenvalue weighted by atomic mass is 9.97. The Kier molecular flexibility index (Phi) is 3.49. The van der Waals surface area contributed by atoms with Gasteiger partial charge in [-0.1, -0.05) is 6.07 Å². The third-order valence-corrected chi connectivity index (χ3v) is 2.32. The van der Waals surface area contributed by atoms with Crippen molar-refractivity contribution >= 4 is 0 Å². The van der Waals surface area contributed by atoms with Gasteiger partial charge in [-0.15, -0.1) is 0 Å². The molecule has 0 aliphatic rings. The van der Waals surface area contributed by atoms with Crippen molar-refractivity contribution in [3.63, 3.8) is 0 Å². The molecule has 0 unspecified atom stereocenters. The molecule has 0 heterocycles. The van der Waals surface area contributed by atoms with E-state index in [0.717, 1.165) is 16.7 Å². The molecule has 78 valence electrons. The number of hydrogen-bond acceptors (Lipinski definition) is 3. The number of nitrogens with two attached hydrogens (primary N) is 1. The highest BCUT2D eigenvalue weighted by atomic mass is 16.3. The van der Waals surface area contributed by atoms with Crippen LogP contribution in [0.1, 0.15) is 29.2 Å². The molecule has 0 saturated carbocycles. The van der Waals surface area contributed by atoms with E-state index in [1.165, 1.54) is 0 Å². The number of aliphatic hydroxyl groups is 1. The number of aromatic hydroxyl groups is 1. The quantitative estimate of drug-likeness (QED) is 0.682. The van der Waals surface area contributed by atoms with Gasteiger partial charge in [0.1, 0.15) is 5.75 Å². The second-order valence-electron chi connectivity index (χ2n) is 3.63. The maximum atomic E-state index is 9.71. The fraction of sp³-hybridized carbons (Fsp3) is 0.455. The molecule has 0 bridgehead atoms. The molecule has 0 aromatic heterocycles. The zero-order valence-corrected chi connectivity index (χ0v) is 8.62. The molecule has 0 fully saturated rings. The van der Waals surface area contributed by atoms with E-state index < -0.39 is 0 Å². The zero-order valence-electron chi connectivity index (χ0n) is 8.62. The maximum absolute atomic E-state index is 9.71. The highest BCUT2D eigenvalue weighted by molar-refractivity contribution is 5.43. The van der Waals surface area contributed by atoms with Crippen LogP contribution in [0.15, 0.2) is 12.1 Å². The summed E-state index contributed by atoms with van der Waals surface area (Å²) in [6.07, 6.45) is 0.470. The average Bonchev–Trinajstić information content (AvgIpc) is 2.01. The van der Waals surface area contributed by atoms with Crippen LogP contribution >= 0.6 is 0 Å². The molecule has 0 saturated heterocycles. The molecular formula is C11H17NO2. The van der Waals surface area contributed by atoms with Crippen molar-refractivity contribution in [3.05, 3.63) is 28.8 Å². The Morgan fingerprint density at radius 3 is 2.50 bits per heavy atom. The maximum Gasteiger partial charge on any atom is 0.120 e. The summed E-state index contributed by atoms with van der Waals surface area (Å²) in [4.78, 5) is 0. The van der Waals surface area contributed by atoms with Crippen molar-refractivity contribution in [2.24, 2.45) is 5.73 Å². The minimum absolute atomic E-state index is 0.0356. The molecule has 3 heteroatoms. The predicted octanol–water partition coefficient (Wildman–Crippen LogP) is 1.39. The Bertz CT molecular complexity index is 300. The second-order valence-corrected chi connectivity index (χ2v) is 3.63. The van der Waals surface area contributed by atoms with Gasteiger partial charge in [-0.3, -0.25) is 0 Å². The summed E-state index contributed by atoms with van der Waals surface area (Å²) < 4.78 is 0. The van der Waals surface area contributed by atoms with Gasteiger partial charge >= 0.3 is 0 Å². The smallest absolute Gasteiger partial charge is 0.120 e. The van der Waals surface area contributed by atoms with Gasteiger partial charge in [0.05, 0.1) is 0 Å². The van der Waals surface area contributed by atoms with Crippen LogP contribution in [0.2, 0.25) is 0 Å². The Morgan fingerprint density at radius 1 is 1.36 bits per heavy atom. The number of aliphatic hydroxyl groups excluding tert-OH is 1. The topological polar surface area (TPSA) is 66.5 Å². The summed E-state index contributed by atoms with van der Waals surface area (Å²) in [6, 6.07) is 3.38. The first kappa shape index (κ1) is 11.0. The standard InChI is InChI=1S/C11H17NO2/c1-7-5-8(2)11(10(14)6-7)9(12)3-4-13/h5-6,9,13-14H,3-4,12H2,1-2H3/t9-/m0/s1. The summed E-state index contributed by atoms with van der Waals surface area (Å²) in [6.45, 7) is 3.88. The van der Waals surface area contributed by atoms with Crippen molar-refractivity contribution in [2.45, 2.75) is 26.3 Å². The van der Waals surface area contributed by atoms with E-state index in [-0.39, 0.29) is 18.4 Å². The molecule has 1 rings (SSSR count). The number of phenolic OH excluding ortho intramolecular Hbond substituents is 1. The first-order valence-electron chi connectivity index (χ1n) is 4.72. The van der Waals surface area contributed by atoms with E-state index in [1.54, 1.807) is 6.07 Å². The first-order valence-corrected chi connectivity index (χ1v) is 4.72. The third kappa shape index (κ3) is 2.25. The average molecular weight is 195 g/mol. The van der Waals surface area contributed by atoms with E-state index in [1.807, 2.05) is 19.9 Å². The highest BCUT2D eigenvalue weighted by Gasteiger charge is 2.13. The van der Waals surface area contributed by atoms with Crippen molar-refractivity contribution in [1.29, 1.82) is 0 Å². The van der Waals surface area contributed by atoms with Crippen LogP contribution in [0.3, 0.4) is 0 Å². The van der Waals surface area contributed by atoms with E-state index in [4.69, 9.17) is 10.8 Å². The Labute approximate surface area is 84.2 Å². The van der Waals surface area contributed by atoms with Crippen LogP contribution in [0, 0.1) is 13.8 Å². The van der Waals surface area contributed by atoms with Crippen LogP contribution in [-0.4, -0.2) is 16.8 Å². The lowest BCUT2D eigenvalue weighted by Gasteiger charge is -2.15. The van der Waals surface area contributed by atoms with Gasteiger partial charge in [0.15, 0.2) is 0 Å². The van der Waals surface area contributed by atoms with Gasteiger partial charge in [-0.05, 0) is 37.5 Å². The van der Waals surface area contributed by atoms with Gasteiger partial charge in [-0.2, -0.15) is 0 Å². The molecule has 0 aliphatic carbocycles. The van der Waals surface area contributed by atoms with Gasteiger partial charge < -0.3 is 15.9 Å².